The number of hydrogen-bond acceptors (Lipinski definition) is 2. The summed E-state index contributed by atoms with van der Waals surface area (Å²) in [6.45, 7) is 0. The van der Waals surface area contributed by atoms with Crippen molar-refractivity contribution in [1.29, 1.82) is 5.26 Å². The Balaban J connectivity index is 2.26. The van der Waals surface area contributed by atoms with E-state index in [1.54, 1.807) is 36.4 Å². The lowest BCUT2D eigenvalue weighted by Crippen LogP contribution is -1.98. The van der Waals surface area contributed by atoms with E-state index < -0.39 is 10.8 Å². The molecule has 0 aromatic heterocycles. The largest absolute Gasteiger partial charge is 0.254 e. The smallest absolute Gasteiger partial charge is 0.0994 e. The maximum absolute atomic E-state index is 12.2. The van der Waals surface area contributed by atoms with Crippen molar-refractivity contribution in [3.05, 3.63) is 63.6 Å². The minimum absolute atomic E-state index is 0.279. The minimum atomic E-state index is -1.26. The van der Waals surface area contributed by atoms with E-state index in [1.807, 2.05) is 6.07 Å². The molecule has 0 heterocycles. The van der Waals surface area contributed by atoms with E-state index >= 15 is 0 Å². The Morgan fingerprint density at radius 3 is 2.53 bits per heavy atom. The molecule has 0 aliphatic carbocycles. The molecule has 0 aliphatic rings. The summed E-state index contributed by atoms with van der Waals surface area (Å²) >= 11 is 11.7. The van der Waals surface area contributed by atoms with Crippen molar-refractivity contribution in [3.8, 4) is 6.07 Å². The molecule has 5 heteroatoms. The van der Waals surface area contributed by atoms with Crippen molar-refractivity contribution in [2.75, 3.05) is 0 Å². The lowest BCUT2D eigenvalue weighted by atomic mass is 10.1. The Labute approximate surface area is 124 Å². The maximum Gasteiger partial charge on any atom is 0.0994 e. The zero-order valence-corrected chi connectivity index (χ0v) is 12.1. The van der Waals surface area contributed by atoms with E-state index in [0.717, 1.165) is 5.56 Å². The molecule has 19 heavy (non-hydrogen) atoms. The van der Waals surface area contributed by atoms with E-state index in [4.69, 9.17) is 28.5 Å². The van der Waals surface area contributed by atoms with Gasteiger partial charge in [-0.2, -0.15) is 5.26 Å². The second kappa shape index (κ2) is 6.21. The van der Waals surface area contributed by atoms with Crippen LogP contribution in [0, 0.1) is 11.3 Å². The fourth-order valence-electron chi connectivity index (χ4n) is 1.60. The number of hydrogen-bond donors (Lipinski definition) is 0. The van der Waals surface area contributed by atoms with E-state index in [-0.39, 0.29) is 5.75 Å². The summed E-state index contributed by atoms with van der Waals surface area (Å²) < 4.78 is 12.2. The summed E-state index contributed by atoms with van der Waals surface area (Å²) in [7, 11) is -1.26. The monoisotopic (exact) mass is 309 g/mol. The van der Waals surface area contributed by atoms with E-state index in [0.29, 0.717) is 20.5 Å². The number of rotatable bonds is 3. The highest BCUT2D eigenvalue weighted by Crippen LogP contribution is 2.25. The van der Waals surface area contributed by atoms with Crippen LogP contribution < -0.4 is 0 Å². The molecule has 2 nitrogen and oxygen atoms in total. The zero-order valence-electron chi connectivity index (χ0n) is 9.77. The van der Waals surface area contributed by atoms with Crippen molar-refractivity contribution in [1.82, 2.24) is 0 Å². The molecule has 0 radical (unpaired) electrons. The molecular weight excluding hydrogens is 301 g/mol. The highest BCUT2D eigenvalue weighted by molar-refractivity contribution is 7.84. The predicted octanol–water partition coefficient (Wildman–Crippen LogP) is 4.17. The van der Waals surface area contributed by atoms with Gasteiger partial charge in [-0.3, -0.25) is 4.21 Å². The topological polar surface area (TPSA) is 40.9 Å². The molecular formula is C14H9Cl2NOS. The van der Waals surface area contributed by atoms with Crippen LogP contribution in [-0.2, 0) is 16.6 Å². The van der Waals surface area contributed by atoms with Gasteiger partial charge < -0.3 is 0 Å². The van der Waals surface area contributed by atoms with Crippen LogP contribution >= 0.6 is 23.2 Å². The number of benzene rings is 2. The molecule has 1 unspecified atom stereocenters. The third kappa shape index (κ3) is 3.36. The molecule has 0 bridgehead atoms. The minimum Gasteiger partial charge on any atom is -0.254 e. The highest BCUT2D eigenvalue weighted by Gasteiger charge is 2.10. The van der Waals surface area contributed by atoms with Crippen molar-refractivity contribution < 1.29 is 4.21 Å². The van der Waals surface area contributed by atoms with Crippen LogP contribution in [0.3, 0.4) is 0 Å². The third-order valence-corrected chi connectivity index (χ3v) is 4.67. The number of nitrogens with zero attached hydrogens (tertiary/aromatic N) is 1. The Kier molecular flexibility index (Phi) is 4.60. The van der Waals surface area contributed by atoms with Gasteiger partial charge in [-0.05, 0) is 29.8 Å². The van der Waals surface area contributed by atoms with E-state index in [1.165, 1.54) is 0 Å². The van der Waals surface area contributed by atoms with Crippen LogP contribution in [0.4, 0.5) is 0 Å². The predicted molar refractivity (Wildman–Crippen MR) is 77.7 cm³/mol. The van der Waals surface area contributed by atoms with Gasteiger partial charge in [0.15, 0.2) is 0 Å². The quantitative estimate of drug-likeness (QED) is 0.853. The van der Waals surface area contributed by atoms with Crippen molar-refractivity contribution >= 4 is 34.0 Å². The Bertz CT molecular complexity index is 679. The summed E-state index contributed by atoms with van der Waals surface area (Å²) in [6.07, 6.45) is 0. The first-order valence-electron chi connectivity index (χ1n) is 5.43. The molecule has 0 saturated heterocycles. The molecule has 0 aliphatic heterocycles. The van der Waals surface area contributed by atoms with Crippen molar-refractivity contribution in [2.24, 2.45) is 0 Å². The van der Waals surface area contributed by atoms with Gasteiger partial charge in [0.1, 0.15) is 0 Å². The second-order valence-corrected chi connectivity index (χ2v) is 6.10. The zero-order chi connectivity index (χ0) is 13.8. The molecule has 96 valence electrons. The first-order valence-corrected chi connectivity index (χ1v) is 7.50. The SMILES string of the molecule is N#Cc1ccccc1CS(=O)c1ccc(Cl)c(Cl)c1. The van der Waals surface area contributed by atoms with Crippen molar-refractivity contribution in [3.63, 3.8) is 0 Å². The number of halogens is 2. The van der Waals surface area contributed by atoms with Crippen LogP contribution in [0.2, 0.25) is 10.0 Å². The van der Waals surface area contributed by atoms with Gasteiger partial charge >= 0.3 is 0 Å². The van der Waals surface area contributed by atoms with Gasteiger partial charge in [0.2, 0.25) is 0 Å². The lowest BCUT2D eigenvalue weighted by molar-refractivity contribution is 0.682. The van der Waals surface area contributed by atoms with Gasteiger partial charge in [-0.25, -0.2) is 0 Å². The summed E-state index contributed by atoms with van der Waals surface area (Å²) in [5, 5.41) is 9.80. The Morgan fingerprint density at radius 2 is 1.84 bits per heavy atom. The molecule has 2 aromatic rings. The summed E-state index contributed by atoms with van der Waals surface area (Å²) in [5.41, 5.74) is 1.30. The molecule has 0 N–H and O–H groups in total. The average Bonchev–Trinajstić information content (AvgIpc) is 2.42. The fraction of sp³-hybridized carbons (Fsp3) is 0.0714. The van der Waals surface area contributed by atoms with Gasteiger partial charge in [-0.15, -0.1) is 0 Å². The average molecular weight is 310 g/mol. The maximum atomic E-state index is 12.2. The van der Waals surface area contributed by atoms with Crippen molar-refractivity contribution in [2.45, 2.75) is 10.6 Å². The molecule has 2 rings (SSSR count). The van der Waals surface area contributed by atoms with Crippen LogP contribution in [0.1, 0.15) is 11.1 Å². The van der Waals surface area contributed by atoms with Gasteiger partial charge in [-0.1, -0.05) is 41.4 Å². The molecule has 0 fully saturated rings. The van der Waals surface area contributed by atoms with E-state index in [9.17, 15) is 4.21 Å². The Morgan fingerprint density at radius 1 is 1.11 bits per heavy atom. The van der Waals surface area contributed by atoms with Gasteiger partial charge in [0, 0.05) is 4.90 Å². The van der Waals surface area contributed by atoms with Gasteiger partial charge in [0.25, 0.3) is 0 Å². The van der Waals surface area contributed by atoms with E-state index in [2.05, 4.69) is 6.07 Å². The van der Waals surface area contributed by atoms with Crippen LogP contribution in [0.25, 0.3) is 0 Å². The molecule has 0 spiro atoms. The van der Waals surface area contributed by atoms with Gasteiger partial charge in [0.05, 0.1) is 38.2 Å². The molecule has 1 atom stereocenters. The first kappa shape index (κ1) is 14.1. The third-order valence-electron chi connectivity index (χ3n) is 2.58. The van der Waals surface area contributed by atoms with Crippen LogP contribution in [0.15, 0.2) is 47.4 Å². The summed E-state index contributed by atoms with van der Waals surface area (Å²) in [5.74, 6) is 0.279. The summed E-state index contributed by atoms with van der Waals surface area (Å²) in [4.78, 5) is 0.599. The summed E-state index contributed by atoms with van der Waals surface area (Å²) in [6, 6.07) is 14.1. The highest BCUT2D eigenvalue weighted by atomic mass is 35.5. The Hall–Kier alpha value is -1.34. The van der Waals surface area contributed by atoms with Crippen LogP contribution in [0.5, 0.6) is 0 Å². The second-order valence-electron chi connectivity index (χ2n) is 3.83. The number of nitriles is 1. The molecule has 0 saturated carbocycles. The molecule has 2 aromatic carbocycles. The van der Waals surface area contributed by atoms with Crippen LogP contribution in [-0.4, -0.2) is 4.21 Å². The normalized spacial score (nSPS) is 11.8. The fourth-order valence-corrected chi connectivity index (χ4v) is 3.13. The first-order chi connectivity index (χ1) is 9.11. The standard InChI is InChI=1S/C14H9Cl2NOS/c15-13-6-5-12(7-14(13)16)19(18)9-11-4-2-1-3-10(11)8-17/h1-7H,9H2. The lowest BCUT2D eigenvalue weighted by Gasteiger charge is -2.05. The molecule has 0 amide bonds.